The Labute approximate surface area is 127 Å². The molecule has 1 aromatic heterocycles. The highest BCUT2D eigenvalue weighted by Crippen LogP contribution is 2.29. The zero-order valence-electron chi connectivity index (χ0n) is 13.4. The maximum absolute atomic E-state index is 12.2. The number of hydrogen-bond donors (Lipinski definition) is 2. The summed E-state index contributed by atoms with van der Waals surface area (Å²) in [4.78, 5) is 16.5. The van der Waals surface area contributed by atoms with E-state index in [0.717, 1.165) is 36.3 Å². The molecule has 0 aliphatic heterocycles. The summed E-state index contributed by atoms with van der Waals surface area (Å²) in [6.45, 7) is 5.01. The van der Waals surface area contributed by atoms with Crippen LogP contribution in [0.2, 0.25) is 0 Å². The Morgan fingerprint density at radius 3 is 2.67 bits per heavy atom. The third-order valence-electron chi connectivity index (χ3n) is 4.45. The summed E-state index contributed by atoms with van der Waals surface area (Å²) in [5.41, 5.74) is 1.54. The van der Waals surface area contributed by atoms with Crippen LogP contribution in [0.5, 0.6) is 0 Å². The van der Waals surface area contributed by atoms with Gasteiger partial charge in [-0.25, -0.2) is 4.98 Å². The lowest BCUT2D eigenvalue weighted by atomic mass is 9.81. The minimum atomic E-state index is 0.00109. The van der Waals surface area contributed by atoms with Gasteiger partial charge in [-0.15, -0.1) is 0 Å². The summed E-state index contributed by atoms with van der Waals surface area (Å²) >= 11 is 0. The fraction of sp³-hybridized carbons (Fsp3) is 0.647. The SMILES string of the molecule is CNc1cc(C(=O)NCCC2CCC(C)CC2)cc(C)n1. The van der Waals surface area contributed by atoms with Gasteiger partial charge in [0.25, 0.3) is 5.91 Å². The van der Waals surface area contributed by atoms with Gasteiger partial charge in [0.15, 0.2) is 0 Å². The average Bonchev–Trinajstić information content (AvgIpc) is 2.48. The van der Waals surface area contributed by atoms with E-state index in [4.69, 9.17) is 0 Å². The number of rotatable bonds is 5. The van der Waals surface area contributed by atoms with E-state index in [0.29, 0.717) is 5.56 Å². The lowest BCUT2D eigenvalue weighted by Crippen LogP contribution is -2.27. The van der Waals surface area contributed by atoms with Crippen LogP contribution in [0.4, 0.5) is 5.82 Å². The van der Waals surface area contributed by atoms with E-state index in [1.165, 1.54) is 25.7 Å². The van der Waals surface area contributed by atoms with Crippen molar-refractivity contribution in [2.45, 2.75) is 46.0 Å². The molecule has 1 aromatic rings. The van der Waals surface area contributed by atoms with Crippen molar-refractivity contribution < 1.29 is 4.79 Å². The number of aryl methyl sites for hydroxylation is 1. The third kappa shape index (κ3) is 4.73. The summed E-state index contributed by atoms with van der Waals surface area (Å²) in [7, 11) is 1.81. The molecule has 1 aliphatic carbocycles. The highest BCUT2D eigenvalue weighted by molar-refractivity contribution is 5.94. The molecule has 0 aromatic carbocycles. The molecule has 21 heavy (non-hydrogen) atoms. The first-order chi connectivity index (χ1) is 10.1. The number of hydrogen-bond acceptors (Lipinski definition) is 3. The topological polar surface area (TPSA) is 54.0 Å². The minimum Gasteiger partial charge on any atom is -0.373 e. The van der Waals surface area contributed by atoms with Crippen LogP contribution in [0.3, 0.4) is 0 Å². The molecule has 1 fully saturated rings. The third-order valence-corrected chi connectivity index (χ3v) is 4.45. The largest absolute Gasteiger partial charge is 0.373 e. The van der Waals surface area contributed by atoms with E-state index in [-0.39, 0.29) is 5.91 Å². The molecule has 2 rings (SSSR count). The molecule has 0 atom stereocenters. The Morgan fingerprint density at radius 1 is 1.29 bits per heavy atom. The van der Waals surface area contributed by atoms with Crippen molar-refractivity contribution in [1.29, 1.82) is 0 Å². The fourth-order valence-electron chi connectivity index (χ4n) is 3.04. The first-order valence-corrected chi connectivity index (χ1v) is 8.03. The number of nitrogens with zero attached hydrogens (tertiary/aromatic N) is 1. The van der Waals surface area contributed by atoms with Gasteiger partial charge in [0.1, 0.15) is 5.82 Å². The van der Waals surface area contributed by atoms with Crippen molar-refractivity contribution in [3.8, 4) is 0 Å². The van der Waals surface area contributed by atoms with E-state index < -0.39 is 0 Å². The molecular weight excluding hydrogens is 262 g/mol. The normalized spacial score (nSPS) is 21.9. The molecule has 0 bridgehead atoms. The number of carbonyl (C=O) groups is 1. The quantitative estimate of drug-likeness (QED) is 0.873. The smallest absolute Gasteiger partial charge is 0.251 e. The minimum absolute atomic E-state index is 0.00109. The summed E-state index contributed by atoms with van der Waals surface area (Å²) < 4.78 is 0. The zero-order chi connectivity index (χ0) is 15.2. The van der Waals surface area contributed by atoms with Crippen LogP contribution in [0.25, 0.3) is 0 Å². The second kappa shape index (κ2) is 7.43. The van der Waals surface area contributed by atoms with Gasteiger partial charge in [0.05, 0.1) is 0 Å². The first kappa shape index (κ1) is 15.8. The molecule has 0 saturated heterocycles. The van der Waals surface area contributed by atoms with E-state index >= 15 is 0 Å². The second-order valence-corrected chi connectivity index (χ2v) is 6.30. The van der Waals surface area contributed by atoms with E-state index in [1.807, 2.05) is 20.0 Å². The molecule has 0 radical (unpaired) electrons. The van der Waals surface area contributed by atoms with Crippen LogP contribution >= 0.6 is 0 Å². The van der Waals surface area contributed by atoms with Gasteiger partial charge in [-0.05, 0) is 37.3 Å². The number of amides is 1. The van der Waals surface area contributed by atoms with Crippen LogP contribution in [0, 0.1) is 18.8 Å². The summed E-state index contributed by atoms with van der Waals surface area (Å²) in [6.07, 6.45) is 6.41. The monoisotopic (exact) mass is 289 g/mol. The van der Waals surface area contributed by atoms with Gasteiger partial charge in [0, 0.05) is 24.8 Å². The van der Waals surface area contributed by atoms with Crippen LogP contribution in [-0.4, -0.2) is 24.5 Å². The highest BCUT2D eigenvalue weighted by Gasteiger charge is 2.18. The van der Waals surface area contributed by atoms with Crippen molar-refractivity contribution in [1.82, 2.24) is 10.3 Å². The molecule has 1 aliphatic rings. The Bertz CT molecular complexity index is 479. The molecule has 116 valence electrons. The molecule has 1 amide bonds. The lowest BCUT2D eigenvalue weighted by molar-refractivity contribution is 0.0949. The number of aromatic nitrogens is 1. The van der Waals surface area contributed by atoms with Crippen LogP contribution in [-0.2, 0) is 0 Å². The van der Waals surface area contributed by atoms with Gasteiger partial charge in [-0.3, -0.25) is 4.79 Å². The number of nitrogens with one attached hydrogen (secondary N) is 2. The average molecular weight is 289 g/mol. The standard InChI is InChI=1S/C17H27N3O/c1-12-4-6-14(7-5-12)8-9-19-17(21)15-10-13(2)20-16(11-15)18-3/h10-12,14H,4-9H2,1-3H3,(H,18,20)(H,19,21). The molecule has 2 N–H and O–H groups in total. The van der Waals surface area contributed by atoms with Crippen molar-refractivity contribution >= 4 is 11.7 Å². The van der Waals surface area contributed by atoms with Crippen LogP contribution in [0.1, 0.15) is 55.1 Å². The molecule has 1 heterocycles. The van der Waals surface area contributed by atoms with Crippen LogP contribution in [0.15, 0.2) is 12.1 Å². The Balaban J connectivity index is 1.80. The summed E-state index contributed by atoms with van der Waals surface area (Å²) in [5, 5.41) is 6.03. The molecule has 0 spiro atoms. The van der Waals surface area contributed by atoms with Crippen LogP contribution < -0.4 is 10.6 Å². The van der Waals surface area contributed by atoms with E-state index in [9.17, 15) is 4.79 Å². The lowest BCUT2D eigenvalue weighted by Gasteiger charge is -2.26. The van der Waals surface area contributed by atoms with Gasteiger partial charge in [0.2, 0.25) is 0 Å². The number of pyridine rings is 1. The van der Waals surface area contributed by atoms with E-state index in [2.05, 4.69) is 22.5 Å². The maximum Gasteiger partial charge on any atom is 0.251 e. The molecule has 1 saturated carbocycles. The number of anilines is 1. The summed E-state index contributed by atoms with van der Waals surface area (Å²) in [5.74, 6) is 2.41. The molecule has 4 nitrogen and oxygen atoms in total. The van der Waals surface area contributed by atoms with Gasteiger partial charge >= 0.3 is 0 Å². The Hall–Kier alpha value is -1.58. The molecule has 4 heteroatoms. The highest BCUT2D eigenvalue weighted by atomic mass is 16.1. The first-order valence-electron chi connectivity index (χ1n) is 8.03. The van der Waals surface area contributed by atoms with Crippen molar-refractivity contribution in [3.63, 3.8) is 0 Å². The molecule has 0 unspecified atom stereocenters. The van der Waals surface area contributed by atoms with Crippen molar-refractivity contribution in [2.24, 2.45) is 11.8 Å². The summed E-state index contributed by atoms with van der Waals surface area (Å²) in [6, 6.07) is 3.63. The zero-order valence-corrected chi connectivity index (χ0v) is 13.4. The fourth-order valence-corrected chi connectivity index (χ4v) is 3.04. The van der Waals surface area contributed by atoms with E-state index in [1.54, 1.807) is 6.07 Å². The predicted molar refractivity (Wildman–Crippen MR) is 86.6 cm³/mol. The van der Waals surface area contributed by atoms with Crippen molar-refractivity contribution in [3.05, 3.63) is 23.4 Å². The Morgan fingerprint density at radius 2 is 2.00 bits per heavy atom. The van der Waals surface area contributed by atoms with Crippen molar-refractivity contribution in [2.75, 3.05) is 18.9 Å². The number of carbonyl (C=O) groups excluding carboxylic acids is 1. The predicted octanol–water partition coefficient (Wildman–Crippen LogP) is 3.38. The Kier molecular flexibility index (Phi) is 5.59. The maximum atomic E-state index is 12.2. The van der Waals surface area contributed by atoms with Gasteiger partial charge in [-0.1, -0.05) is 32.6 Å². The van der Waals surface area contributed by atoms with Gasteiger partial charge in [-0.2, -0.15) is 0 Å². The van der Waals surface area contributed by atoms with Gasteiger partial charge < -0.3 is 10.6 Å². The molecular formula is C17H27N3O. The second-order valence-electron chi connectivity index (χ2n) is 6.30.